The molecule has 1 aromatic heterocycles. The number of hydrogen-bond acceptors (Lipinski definition) is 4. The third-order valence-corrected chi connectivity index (χ3v) is 3.28. The molecule has 1 aromatic carbocycles. The summed E-state index contributed by atoms with van der Waals surface area (Å²) in [4.78, 5) is 11.5. The number of nitrogens with one attached hydrogen (secondary N) is 1. The summed E-state index contributed by atoms with van der Waals surface area (Å²) in [5.74, 6) is -0.386. The van der Waals surface area contributed by atoms with Crippen molar-refractivity contribution in [3.8, 4) is 0 Å². The lowest BCUT2D eigenvalue weighted by Crippen LogP contribution is -2.09. The van der Waals surface area contributed by atoms with Crippen LogP contribution in [0, 0.1) is 0 Å². The van der Waals surface area contributed by atoms with E-state index in [4.69, 9.17) is 16.3 Å². The van der Waals surface area contributed by atoms with Gasteiger partial charge in [0.05, 0.1) is 35.6 Å². The molecule has 5 nitrogen and oxygen atoms in total. The number of carbonyl (C=O) groups excluding carboxylic acids is 1. The van der Waals surface area contributed by atoms with Gasteiger partial charge in [-0.1, -0.05) is 11.6 Å². The van der Waals surface area contributed by atoms with Gasteiger partial charge in [-0.25, -0.2) is 4.79 Å². The first-order valence-electron chi connectivity index (χ1n) is 6.28. The van der Waals surface area contributed by atoms with Gasteiger partial charge in [0.15, 0.2) is 0 Å². The standard InChI is InChI=1S/C14H16ClN3O2/c1-3-18-11(6-7-17-18)9-16-13-8-10(14(19)20-2)4-5-12(13)15/h4-8,16H,3,9H2,1-2H3. The molecule has 1 heterocycles. The van der Waals surface area contributed by atoms with Crippen LogP contribution in [0.2, 0.25) is 5.02 Å². The molecule has 0 aliphatic carbocycles. The highest BCUT2D eigenvalue weighted by molar-refractivity contribution is 6.33. The van der Waals surface area contributed by atoms with Crippen molar-refractivity contribution in [3.05, 3.63) is 46.7 Å². The van der Waals surface area contributed by atoms with E-state index in [2.05, 4.69) is 10.4 Å². The van der Waals surface area contributed by atoms with Gasteiger partial charge in [0, 0.05) is 12.7 Å². The second kappa shape index (κ2) is 6.43. The van der Waals surface area contributed by atoms with Gasteiger partial charge in [-0.2, -0.15) is 5.10 Å². The van der Waals surface area contributed by atoms with Gasteiger partial charge in [-0.3, -0.25) is 4.68 Å². The molecule has 0 saturated heterocycles. The Bertz CT molecular complexity index is 610. The molecule has 2 aromatic rings. The van der Waals surface area contributed by atoms with Crippen molar-refractivity contribution in [2.45, 2.75) is 20.0 Å². The van der Waals surface area contributed by atoms with Crippen LogP contribution in [0.4, 0.5) is 5.69 Å². The van der Waals surface area contributed by atoms with E-state index in [0.717, 1.165) is 12.2 Å². The summed E-state index contributed by atoms with van der Waals surface area (Å²) in [6.45, 7) is 3.42. The van der Waals surface area contributed by atoms with Crippen molar-refractivity contribution < 1.29 is 9.53 Å². The molecule has 0 aliphatic rings. The zero-order chi connectivity index (χ0) is 14.5. The fourth-order valence-corrected chi connectivity index (χ4v) is 2.07. The van der Waals surface area contributed by atoms with Crippen molar-refractivity contribution >= 4 is 23.3 Å². The summed E-state index contributed by atoms with van der Waals surface area (Å²) in [5, 5.41) is 7.96. The number of anilines is 1. The average Bonchev–Trinajstić information content (AvgIpc) is 2.93. The van der Waals surface area contributed by atoms with Crippen LogP contribution in [0.3, 0.4) is 0 Å². The lowest BCUT2D eigenvalue weighted by molar-refractivity contribution is 0.0601. The smallest absolute Gasteiger partial charge is 0.337 e. The zero-order valence-corrected chi connectivity index (χ0v) is 12.1. The number of aryl methyl sites for hydroxylation is 1. The van der Waals surface area contributed by atoms with Crippen LogP contribution in [0.1, 0.15) is 23.0 Å². The van der Waals surface area contributed by atoms with E-state index in [1.165, 1.54) is 7.11 Å². The molecule has 0 unspecified atom stereocenters. The number of benzene rings is 1. The first-order valence-corrected chi connectivity index (χ1v) is 6.66. The molecule has 1 N–H and O–H groups in total. The van der Waals surface area contributed by atoms with Crippen molar-refractivity contribution in [2.24, 2.45) is 0 Å². The Morgan fingerprint density at radius 2 is 2.25 bits per heavy atom. The lowest BCUT2D eigenvalue weighted by atomic mass is 10.2. The molecule has 2 rings (SSSR count). The van der Waals surface area contributed by atoms with Crippen LogP contribution in [0.5, 0.6) is 0 Å². The van der Waals surface area contributed by atoms with Crippen LogP contribution in [-0.2, 0) is 17.8 Å². The number of esters is 1. The first kappa shape index (κ1) is 14.4. The molecule has 106 valence electrons. The van der Waals surface area contributed by atoms with E-state index < -0.39 is 0 Å². The van der Waals surface area contributed by atoms with Crippen LogP contribution in [0.25, 0.3) is 0 Å². The summed E-state index contributed by atoms with van der Waals surface area (Å²) >= 11 is 6.12. The molecule has 0 atom stereocenters. The fraction of sp³-hybridized carbons (Fsp3) is 0.286. The Kier molecular flexibility index (Phi) is 4.63. The van der Waals surface area contributed by atoms with Gasteiger partial charge in [-0.15, -0.1) is 0 Å². The van der Waals surface area contributed by atoms with Crippen LogP contribution in [-0.4, -0.2) is 22.9 Å². The fourth-order valence-electron chi connectivity index (χ4n) is 1.89. The van der Waals surface area contributed by atoms with Gasteiger partial charge < -0.3 is 10.1 Å². The van der Waals surface area contributed by atoms with Gasteiger partial charge in [-0.05, 0) is 31.2 Å². The number of methoxy groups -OCH3 is 1. The molecule has 20 heavy (non-hydrogen) atoms. The van der Waals surface area contributed by atoms with E-state index in [9.17, 15) is 4.79 Å². The minimum atomic E-state index is -0.386. The Labute approximate surface area is 122 Å². The third kappa shape index (κ3) is 3.11. The van der Waals surface area contributed by atoms with Crippen molar-refractivity contribution in [1.29, 1.82) is 0 Å². The maximum atomic E-state index is 11.5. The summed E-state index contributed by atoms with van der Waals surface area (Å²) in [6.07, 6.45) is 1.76. The number of rotatable bonds is 5. The minimum absolute atomic E-state index is 0.386. The van der Waals surface area contributed by atoms with E-state index in [0.29, 0.717) is 22.8 Å². The monoisotopic (exact) mass is 293 g/mol. The first-order chi connectivity index (χ1) is 9.65. The Morgan fingerprint density at radius 3 is 2.95 bits per heavy atom. The molecule has 0 saturated carbocycles. The van der Waals surface area contributed by atoms with Gasteiger partial charge in [0.25, 0.3) is 0 Å². The SMILES string of the molecule is CCn1nccc1CNc1cc(C(=O)OC)ccc1Cl. The summed E-state index contributed by atoms with van der Waals surface area (Å²) in [6, 6.07) is 6.93. The molecule has 0 fully saturated rings. The van der Waals surface area contributed by atoms with Gasteiger partial charge in [0.2, 0.25) is 0 Å². The number of halogens is 1. The maximum Gasteiger partial charge on any atom is 0.337 e. The normalized spacial score (nSPS) is 10.3. The number of hydrogen-bond donors (Lipinski definition) is 1. The number of nitrogens with zero attached hydrogens (tertiary/aromatic N) is 2. The predicted molar refractivity (Wildman–Crippen MR) is 78.0 cm³/mol. The second-order valence-corrected chi connectivity index (χ2v) is 4.59. The van der Waals surface area contributed by atoms with Crippen LogP contribution in [0.15, 0.2) is 30.5 Å². The summed E-state index contributed by atoms with van der Waals surface area (Å²) < 4.78 is 6.59. The second-order valence-electron chi connectivity index (χ2n) is 4.18. The van der Waals surface area contributed by atoms with E-state index in [1.807, 2.05) is 17.7 Å². The predicted octanol–water partition coefficient (Wildman–Crippen LogP) is 2.96. The molecule has 0 aliphatic heterocycles. The summed E-state index contributed by atoms with van der Waals surface area (Å²) in [5.41, 5.74) is 2.20. The van der Waals surface area contributed by atoms with Crippen molar-refractivity contribution in [3.63, 3.8) is 0 Å². The van der Waals surface area contributed by atoms with Crippen molar-refractivity contribution in [1.82, 2.24) is 9.78 Å². The molecule has 0 bridgehead atoms. The number of aromatic nitrogens is 2. The quantitative estimate of drug-likeness (QED) is 0.861. The highest BCUT2D eigenvalue weighted by Crippen LogP contribution is 2.24. The molecule has 0 radical (unpaired) electrons. The third-order valence-electron chi connectivity index (χ3n) is 2.95. The molecule has 0 spiro atoms. The van der Waals surface area contributed by atoms with Crippen LogP contribution >= 0.6 is 11.6 Å². The van der Waals surface area contributed by atoms with Gasteiger partial charge >= 0.3 is 5.97 Å². The highest BCUT2D eigenvalue weighted by Gasteiger charge is 2.09. The van der Waals surface area contributed by atoms with Crippen molar-refractivity contribution in [2.75, 3.05) is 12.4 Å². The largest absolute Gasteiger partial charge is 0.465 e. The van der Waals surface area contributed by atoms with Gasteiger partial charge in [0.1, 0.15) is 0 Å². The lowest BCUT2D eigenvalue weighted by Gasteiger charge is -2.11. The Morgan fingerprint density at radius 1 is 1.45 bits per heavy atom. The zero-order valence-electron chi connectivity index (χ0n) is 11.4. The molecule has 6 heteroatoms. The number of carbonyl (C=O) groups is 1. The topological polar surface area (TPSA) is 56.2 Å². The van der Waals surface area contributed by atoms with Crippen LogP contribution < -0.4 is 5.32 Å². The summed E-state index contributed by atoms with van der Waals surface area (Å²) in [7, 11) is 1.35. The molecular formula is C14H16ClN3O2. The Hall–Kier alpha value is -2.01. The molecule has 0 amide bonds. The van der Waals surface area contributed by atoms with E-state index in [-0.39, 0.29) is 5.97 Å². The van der Waals surface area contributed by atoms with E-state index in [1.54, 1.807) is 24.4 Å². The Balaban J connectivity index is 2.14. The molecular weight excluding hydrogens is 278 g/mol. The van der Waals surface area contributed by atoms with E-state index >= 15 is 0 Å². The minimum Gasteiger partial charge on any atom is -0.465 e. The average molecular weight is 294 g/mol. The highest BCUT2D eigenvalue weighted by atomic mass is 35.5. The maximum absolute atomic E-state index is 11.5. The number of ether oxygens (including phenoxy) is 1.